The van der Waals surface area contributed by atoms with E-state index in [1.54, 1.807) is 0 Å². The molecule has 1 aliphatic heterocycles. The molecule has 2 unspecified atom stereocenters. The lowest BCUT2D eigenvalue weighted by Crippen LogP contribution is -2.47. The van der Waals surface area contributed by atoms with Crippen LogP contribution in [0.25, 0.3) is 0 Å². The van der Waals surface area contributed by atoms with Crippen molar-refractivity contribution in [3.8, 4) is 0 Å². The van der Waals surface area contributed by atoms with E-state index in [1.807, 2.05) is 0 Å². The van der Waals surface area contributed by atoms with Gasteiger partial charge in [-0.15, -0.1) is 0 Å². The molecule has 4 nitrogen and oxygen atoms in total. The zero-order valence-corrected chi connectivity index (χ0v) is 10.8. The molecule has 0 radical (unpaired) electrons. The Kier molecular flexibility index (Phi) is 4.79. The smallest absolute Gasteiger partial charge is 0.0809 e. The summed E-state index contributed by atoms with van der Waals surface area (Å²) in [6.07, 6.45) is 5.92. The van der Waals surface area contributed by atoms with Gasteiger partial charge in [-0.05, 0) is 39.0 Å². The molecule has 0 bridgehead atoms. The largest absolute Gasteiger partial charge is 0.394 e. The lowest BCUT2D eigenvalue weighted by Gasteiger charge is -2.29. The van der Waals surface area contributed by atoms with E-state index in [-0.39, 0.29) is 12.1 Å². The number of nitrogens with one attached hydrogen (secondary N) is 1. The summed E-state index contributed by atoms with van der Waals surface area (Å²) in [5, 5.41) is 12.9. The first-order valence-electron chi connectivity index (χ1n) is 6.80. The van der Waals surface area contributed by atoms with E-state index >= 15 is 0 Å². The molecule has 2 N–H and O–H groups in total. The Labute approximate surface area is 104 Å². The van der Waals surface area contributed by atoms with Gasteiger partial charge in [0.05, 0.1) is 19.3 Å². The first kappa shape index (κ1) is 13.3. The van der Waals surface area contributed by atoms with Crippen LogP contribution in [0.15, 0.2) is 0 Å². The predicted octanol–water partition coefficient (Wildman–Crippen LogP) is 1.08. The molecule has 2 rings (SSSR count). The fraction of sp³-hybridized carbons (Fsp3) is 1.00. The summed E-state index contributed by atoms with van der Waals surface area (Å²) in [4.78, 5) is 0. The van der Waals surface area contributed by atoms with Crippen LogP contribution in [0.3, 0.4) is 0 Å². The van der Waals surface area contributed by atoms with Crippen LogP contribution in [0.4, 0.5) is 0 Å². The molecule has 0 spiro atoms. The highest BCUT2D eigenvalue weighted by Gasteiger charge is 2.31. The highest BCUT2D eigenvalue weighted by Crippen LogP contribution is 2.24. The van der Waals surface area contributed by atoms with Gasteiger partial charge in [0.1, 0.15) is 0 Å². The number of ether oxygens (including phenoxy) is 2. The number of aliphatic hydroxyl groups is 1. The molecule has 0 amide bonds. The average Bonchev–Trinajstić information content (AvgIpc) is 2.97. The minimum Gasteiger partial charge on any atom is -0.394 e. The lowest BCUT2D eigenvalue weighted by atomic mass is 9.99. The highest BCUT2D eigenvalue weighted by molar-refractivity contribution is 4.92. The Morgan fingerprint density at radius 3 is 2.82 bits per heavy atom. The first-order valence-corrected chi connectivity index (χ1v) is 6.80. The van der Waals surface area contributed by atoms with Crippen molar-refractivity contribution in [1.82, 2.24) is 5.32 Å². The summed E-state index contributed by atoms with van der Waals surface area (Å²) in [5.74, 6) is 0. The van der Waals surface area contributed by atoms with Gasteiger partial charge in [-0.2, -0.15) is 0 Å². The van der Waals surface area contributed by atoms with E-state index in [2.05, 4.69) is 12.2 Å². The van der Waals surface area contributed by atoms with Crippen molar-refractivity contribution in [2.45, 2.75) is 56.7 Å². The third kappa shape index (κ3) is 4.54. The molecule has 0 aromatic rings. The fourth-order valence-corrected chi connectivity index (χ4v) is 2.21. The molecular weight excluding hydrogens is 218 g/mol. The molecule has 17 heavy (non-hydrogen) atoms. The third-order valence-electron chi connectivity index (χ3n) is 3.60. The Morgan fingerprint density at radius 1 is 1.41 bits per heavy atom. The van der Waals surface area contributed by atoms with E-state index in [4.69, 9.17) is 9.47 Å². The molecule has 1 aliphatic carbocycles. The van der Waals surface area contributed by atoms with Gasteiger partial charge in [0.25, 0.3) is 0 Å². The molecule has 100 valence electrons. The average molecular weight is 243 g/mol. The first-order chi connectivity index (χ1) is 8.22. The van der Waals surface area contributed by atoms with Crippen molar-refractivity contribution in [2.75, 3.05) is 26.4 Å². The minimum atomic E-state index is -0.183. The summed E-state index contributed by atoms with van der Waals surface area (Å²) in [6.45, 7) is 4.51. The van der Waals surface area contributed by atoms with Crippen LogP contribution >= 0.6 is 0 Å². The Hall–Kier alpha value is -0.160. The number of hydrogen-bond donors (Lipinski definition) is 2. The molecule has 0 aromatic carbocycles. The summed E-state index contributed by atoms with van der Waals surface area (Å²) in [7, 11) is 0. The molecule has 2 aliphatic rings. The van der Waals surface area contributed by atoms with Crippen LogP contribution in [0.5, 0.6) is 0 Å². The van der Waals surface area contributed by atoms with Gasteiger partial charge >= 0.3 is 0 Å². The Bertz CT molecular complexity index is 227. The van der Waals surface area contributed by atoms with E-state index in [0.717, 1.165) is 25.9 Å². The summed E-state index contributed by atoms with van der Waals surface area (Å²) >= 11 is 0. The van der Waals surface area contributed by atoms with Gasteiger partial charge in [0.2, 0.25) is 0 Å². The summed E-state index contributed by atoms with van der Waals surface area (Å²) < 4.78 is 11.1. The standard InChI is InChI=1S/C13H25NO3/c1-13(10-15,14-11-4-5-11)6-8-16-9-12-3-2-7-17-12/h11-12,14-15H,2-10H2,1H3. The Morgan fingerprint density at radius 2 is 2.24 bits per heavy atom. The van der Waals surface area contributed by atoms with Crippen molar-refractivity contribution >= 4 is 0 Å². The number of rotatable bonds is 8. The topological polar surface area (TPSA) is 50.7 Å². The van der Waals surface area contributed by atoms with Gasteiger partial charge in [0, 0.05) is 24.8 Å². The molecular formula is C13H25NO3. The van der Waals surface area contributed by atoms with Crippen molar-refractivity contribution in [3.63, 3.8) is 0 Å². The normalized spacial score (nSPS) is 28.2. The summed E-state index contributed by atoms with van der Waals surface area (Å²) in [6, 6.07) is 0.616. The van der Waals surface area contributed by atoms with Crippen molar-refractivity contribution in [1.29, 1.82) is 0 Å². The van der Waals surface area contributed by atoms with Crippen LogP contribution in [0.1, 0.15) is 39.0 Å². The van der Waals surface area contributed by atoms with Gasteiger partial charge < -0.3 is 19.9 Å². The van der Waals surface area contributed by atoms with Crippen molar-refractivity contribution < 1.29 is 14.6 Å². The highest BCUT2D eigenvalue weighted by atomic mass is 16.5. The van der Waals surface area contributed by atoms with E-state index < -0.39 is 0 Å². The maximum absolute atomic E-state index is 9.43. The van der Waals surface area contributed by atoms with E-state index in [0.29, 0.717) is 25.4 Å². The SMILES string of the molecule is CC(CO)(CCOCC1CCCO1)NC1CC1. The van der Waals surface area contributed by atoms with Crippen molar-refractivity contribution in [2.24, 2.45) is 0 Å². The van der Waals surface area contributed by atoms with Crippen LogP contribution in [-0.2, 0) is 9.47 Å². The van der Waals surface area contributed by atoms with Crippen LogP contribution in [0.2, 0.25) is 0 Å². The van der Waals surface area contributed by atoms with Gasteiger partial charge in [0.15, 0.2) is 0 Å². The van der Waals surface area contributed by atoms with E-state index in [1.165, 1.54) is 12.8 Å². The molecule has 2 atom stereocenters. The quantitative estimate of drug-likeness (QED) is 0.626. The number of aliphatic hydroxyl groups excluding tert-OH is 1. The lowest BCUT2D eigenvalue weighted by molar-refractivity contribution is 0.00739. The maximum atomic E-state index is 9.43. The monoisotopic (exact) mass is 243 g/mol. The zero-order valence-electron chi connectivity index (χ0n) is 10.8. The fourth-order valence-electron chi connectivity index (χ4n) is 2.21. The molecule has 1 heterocycles. The maximum Gasteiger partial charge on any atom is 0.0809 e. The second-order valence-corrected chi connectivity index (χ2v) is 5.60. The molecule has 2 fully saturated rings. The minimum absolute atomic E-state index is 0.173. The second kappa shape index (κ2) is 6.14. The van der Waals surface area contributed by atoms with Crippen LogP contribution in [-0.4, -0.2) is 49.2 Å². The molecule has 1 saturated heterocycles. The second-order valence-electron chi connectivity index (χ2n) is 5.60. The van der Waals surface area contributed by atoms with Crippen molar-refractivity contribution in [3.05, 3.63) is 0 Å². The predicted molar refractivity (Wildman–Crippen MR) is 66.1 cm³/mol. The molecule has 1 saturated carbocycles. The van der Waals surface area contributed by atoms with Crippen LogP contribution < -0.4 is 5.32 Å². The zero-order chi connectivity index (χ0) is 12.1. The van der Waals surface area contributed by atoms with Crippen LogP contribution in [0, 0.1) is 0 Å². The molecule has 4 heteroatoms. The number of hydrogen-bond acceptors (Lipinski definition) is 4. The Balaban J connectivity index is 1.58. The van der Waals surface area contributed by atoms with Gasteiger partial charge in [-0.3, -0.25) is 0 Å². The summed E-state index contributed by atoms with van der Waals surface area (Å²) in [5.41, 5.74) is -0.183. The van der Waals surface area contributed by atoms with Gasteiger partial charge in [-0.25, -0.2) is 0 Å². The van der Waals surface area contributed by atoms with Gasteiger partial charge in [-0.1, -0.05) is 0 Å². The third-order valence-corrected chi connectivity index (χ3v) is 3.60. The van der Waals surface area contributed by atoms with E-state index in [9.17, 15) is 5.11 Å². The molecule has 0 aromatic heterocycles.